The minimum atomic E-state index is 0.136. The molecule has 0 radical (unpaired) electrons. The Morgan fingerprint density at radius 3 is 2.90 bits per heavy atom. The fourth-order valence-electron chi connectivity index (χ4n) is 3.90. The molecule has 1 saturated carbocycles. The second-order valence-corrected chi connectivity index (χ2v) is 6.85. The van der Waals surface area contributed by atoms with E-state index in [2.05, 4.69) is 40.0 Å². The molecule has 2 atom stereocenters. The molecule has 3 nitrogen and oxygen atoms in total. The average Bonchev–Trinajstić information content (AvgIpc) is 2.77. The topological polar surface area (TPSA) is 29.5 Å². The average molecular weight is 338 g/mol. The quantitative estimate of drug-likeness (QED) is 0.830. The van der Waals surface area contributed by atoms with Crippen molar-refractivity contribution < 1.29 is 9.53 Å². The number of halogens is 1. The smallest absolute Gasteiger partial charge is 0.134 e. The molecule has 1 aromatic carbocycles. The van der Waals surface area contributed by atoms with Crippen LogP contribution in [0.25, 0.3) is 0 Å². The molecule has 2 fully saturated rings. The van der Waals surface area contributed by atoms with Gasteiger partial charge in [0, 0.05) is 24.3 Å². The summed E-state index contributed by atoms with van der Waals surface area (Å²) in [5.74, 6) is 1.27. The van der Waals surface area contributed by atoms with Gasteiger partial charge in [-0.1, -0.05) is 6.07 Å². The van der Waals surface area contributed by atoms with Gasteiger partial charge in [-0.15, -0.1) is 0 Å². The molecule has 0 bridgehead atoms. The van der Waals surface area contributed by atoms with Gasteiger partial charge in [0.05, 0.1) is 11.6 Å². The second kappa shape index (κ2) is 5.15. The number of ketones is 1. The highest BCUT2D eigenvalue weighted by Gasteiger charge is 2.50. The van der Waals surface area contributed by atoms with Gasteiger partial charge in [-0.25, -0.2) is 0 Å². The van der Waals surface area contributed by atoms with Crippen LogP contribution in [-0.4, -0.2) is 37.4 Å². The molecule has 0 amide bonds. The van der Waals surface area contributed by atoms with Crippen LogP contribution >= 0.6 is 15.9 Å². The number of rotatable bonds is 2. The van der Waals surface area contributed by atoms with Crippen molar-refractivity contribution in [2.75, 3.05) is 20.7 Å². The van der Waals surface area contributed by atoms with Crippen LogP contribution in [0.2, 0.25) is 0 Å². The number of hydrogen-bond donors (Lipinski definition) is 0. The Bertz CT molecular complexity index is 545. The summed E-state index contributed by atoms with van der Waals surface area (Å²) in [6, 6.07) is 6.73. The summed E-state index contributed by atoms with van der Waals surface area (Å²) in [6.07, 6.45) is 3.52. The summed E-state index contributed by atoms with van der Waals surface area (Å²) in [6.45, 7) is 1.07. The number of hydrogen-bond acceptors (Lipinski definition) is 3. The van der Waals surface area contributed by atoms with Gasteiger partial charge in [-0.2, -0.15) is 0 Å². The Morgan fingerprint density at radius 1 is 1.40 bits per heavy atom. The van der Waals surface area contributed by atoms with E-state index < -0.39 is 0 Å². The normalized spacial score (nSPS) is 30.4. The van der Waals surface area contributed by atoms with Gasteiger partial charge in [-0.05, 0) is 60.1 Å². The Kier molecular flexibility index (Phi) is 3.63. The monoisotopic (exact) mass is 337 g/mol. The zero-order chi connectivity index (χ0) is 14.3. The lowest BCUT2D eigenvalue weighted by atomic mass is 9.66. The number of carbonyl (C=O) groups excluding carboxylic acids is 1. The summed E-state index contributed by atoms with van der Waals surface area (Å²) in [4.78, 5) is 14.2. The lowest BCUT2D eigenvalue weighted by Gasteiger charge is -2.41. The van der Waals surface area contributed by atoms with E-state index in [4.69, 9.17) is 4.74 Å². The summed E-state index contributed by atoms with van der Waals surface area (Å²) >= 11 is 3.59. The number of ether oxygens (including phenoxy) is 1. The SMILES string of the molecule is COc1ccc([C@@]23CCC(=O)C[C@@H]2N(C)CC3)cc1Br. The number of methoxy groups -OCH3 is 1. The first-order chi connectivity index (χ1) is 9.56. The molecule has 0 spiro atoms. The first-order valence-electron chi connectivity index (χ1n) is 7.13. The van der Waals surface area contributed by atoms with Crippen LogP contribution in [0.1, 0.15) is 31.2 Å². The summed E-state index contributed by atoms with van der Waals surface area (Å²) in [5, 5.41) is 0. The van der Waals surface area contributed by atoms with Crippen LogP contribution in [0.15, 0.2) is 22.7 Å². The van der Waals surface area contributed by atoms with Crippen LogP contribution in [-0.2, 0) is 10.2 Å². The van der Waals surface area contributed by atoms with Crippen LogP contribution in [0, 0.1) is 0 Å². The number of likely N-dealkylation sites (N-methyl/N-ethyl adjacent to an activating group) is 1. The summed E-state index contributed by atoms with van der Waals surface area (Å²) < 4.78 is 6.32. The predicted molar refractivity (Wildman–Crippen MR) is 82.3 cm³/mol. The van der Waals surface area contributed by atoms with Crippen molar-refractivity contribution in [1.29, 1.82) is 0 Å². The number of benzene rings is 1. The van der Waals surface area contributed by atoms with E-state index in [-0.39, 0.29) is 5.41 Å². The Labute approximate surface area is 128 Å². The van der Waals surface area contributed by atoms with Gasteiger partial charge < -0.3 is 9.64 Å². The van der Waals surface area contributed by atoms with E-state index in [1.165, 1.54) is 5.56 Å². The van der Waals surface area contributed by atoms with Crippen molar-refractivity contribution in [1.82, 2.24) is 4.90 Å². The molecule has 3 rings (SSSR count). The molecule has 4 heteroatoms. The van der Waals surface area contributed by atoms with E-state index in [9.17, 15) is 4.79 Å². The van der Waals surface area contributed by atoms with Crippen LogP contribution < -0.4 is 4.74 Å². The highest BCUT2D eigenvalue weighted by atomic mass is 79.9. The molecular weight excluding hydrogens is 318 g/mol. The fraction of sp³-hybridized carbons (Fsp3) is 0.562. The third-order valence-electron chi connectivity index (χ3n) is 5.08. The van der Waals surface area contributed by atoms with Gasteiger partial charge in [0.2, 0.25) is 0 Å². The Balaban J connectivity index is 2.02. The molecular formula is C16H20BrNO2. The van der Waals surface area contributed by atoms with Crippen molar-refractivity contribution in [3.63, 3.8) is 0 Å². The zero-order valence-electron chi connectivity index (χ0n) is 12.0. The molecule has 0 N–H and O–H groups in total. The van der Waals surface area contributed by atoms with Gasteiger partial charge in [0.1, 0.15) is 11.5 Å². The van der Waals surface area contributed by atoms with Gasteiger partial charge in [-0.3, -0.25) is 4.79 Å². The van der Waals surface area contributed by atoms with Crippen LogP contribution in [0.5, 0.6) is 5.75 Å². The lowest BCUT2D eigenvalue weighted by Crippen LogP contribution is -2.46. The Morgan fingerprint density at radius 2 is 2.20 bits per heavy atom. The maximum Gasteiger partial charge on any atom is 0.134 e. The highest BCUT2D eigenvalue weighted by Crippen LogP contribution is 2.48. The van der Waals surface area contributed by atoms with Crippen molar-refractivity contribution in [2.24, 2.45) is 0 Å². The van der Waals surface area contributed by atoms with Crippen molar-refractivity contribution in [3.05, 3.63) is 28.2 Å². The minimum Gasteiger partial charge on any atom is -0.496 e. The molecule has 0 aromatic heterocycles. The van der Waals surface area contributed by atoms with E-state index in [1.54, 1.807) is 7.11 Å². The number of fused-ring (bicyclic) bond motifs is 1. The lowest BCUT2D eigenvalue weighted by molar-refractivity contribution is -0.122. The van der Waals surface area contributed by atoms with Gasteiger partial charge in [0.15, 0.2) is 0 Å². The maximum absolute atomic E-state index is 11.8. The first kappa shape index (κ1) is 14.1. The highest BCUT2D eigenvalue weighted by molar-refractivity contribution is 9.10. The zero-order valence-corrected chi connectivity index (χ0v) is 13.6. The number of carbonyl (C=O) groups is 1. The molecule has 2 aliphatic rings. The largest absolute Gasteiger partial charge is 0.496 e. The molecule has 1 aliphatic carbocycles. The number of Topliss-reactive ketones (excluding diaryl/α,β-unsaturated/α-hetero) is 1. The van der Waals surface area contributed by atoms with E-state index >= 15 is 0 Å². The third kappa shape index (κ3) is 2.09. The second-order valence-electron chi connectivity index (χ2n) is 5.99. The fourth-order valence-corrected chi connectivity index (χ4v) is 4.44. The molecule has 1 heterocycles. The molecule has 1 aromatic rings. The van der Waals surface area contributed by atoms with Crippen molar-refractivity contribution in [3.8, 4) is 5.75 Å². The first-order valence-corrected chi connectivity index (χ1v) is 7.92. The molecule has 0 unspecified atom stereocenters. The predicted octanol–water partition coefficient (Wildman–Crippen LogP) is 3.15. The Hall–Kier alpha value is -0.870. The molecule has 1 aliphatic heterocycles. The maximum atomic E-state index is 11.8. The minimum absolute atomic E-state index is 0.136. The van der Waals surface area contributed by atoms with Crippen molar-refractivity contribution >= 4 is 21.7 Å². The molecule has 1 saturated heterocycles. The van der Waals surface area contributed by atoms with Crippen molar-refractivity contribution in [2.45, 2.75) is 37.1 Å². The standard InChI is InChI=1S/C16H20BrNO2/c1-18-8-7-16(6-5-12(19)10-15(16)18)11-3-4-14(20-2)13(17)9-11/h3-4,9,15H,5-8,10H2,1-2H3/t15-,16-/m0/s1. The summed E-state index contributed by atoms with van der Waals surface area (Å²) in [7, 11) is 3.83. The van der Waals surface area contributed by atoms with E-state index in [0.717, 1.165) is 29.6 Å². The van der Waals surface area contributed by atoms with Gasteiger partial charge in [0.25, 0.3) is 0 Å². The molecule has 20 heavy (non-hydrogen) atoms. The summed E-state index contributed by atoms with van der Waals surface area (Å²) in [5.41, 5.74) is 1.48. The van der Waals surface area contributed by atoms with E-state index in [1.807, 2.05) is 6.07 Å². The van der Waals surface area contributed by atoms with Crippen LogP contribution in [0.3, 0.4) is 0 Å². The third-order valence-corrected chi connectivity index (χ3v) is 5.70. The number of likely N-dealkylation sites (tertiary alicyclic amines) is 1. The van der Waals surface area contributed by atoms with E-state index in [0.29, 0.717) is 24.7 Å². The van der Waals surface area contributed by atoms with Gasteiger partial charge >= 0.3 is 0 Å². The molecule has 108 valence electrons. The van der Waals surface area contributed by atoms with Crippen LogP contribution in [0.4, 0.5) is 0 Å². The number of nitrogens with zero attached hydrogens (tertiary/aromatic N) is 1.